The van der Waals surface area contributed by atoms with Crippen molar-refractivity contribution in [3.05, 3.63) is 22.3 Å². The van der Waals surface area contributed by atoms with Gasteiger partial charge in [0.2, 0.25) is 0 Å². The minimum absolute atomic E-state index is 0.170. The summed E-state index contributed by atoms with van der Waals surface area (Å²) in [6.45, 7) is 5.68. The number of hydrogen-bond donors (Lipinski definition) is 1. The molecule has 0 bridgehead atoms. The summed E-state index contributed by atoms with van der Waals surface area (Å²) in [5.74, 6) is 2.59. The van der Waals surface area contributed by atoms with Crippen LogP contribution in [0, 0.1) is 23.2 Å². The fourth-order valence-electron chi connectivity index (χ4n) is 6.99. The molecule has 0 aromatic rings. The van der Waals surface area contributed by atoms with Crippen molar-refractivity contribution in [3.8, 4) is 0 Å². The molecule has 0 aliphatic heterocycles. The Morgan fingerprint density at radius 2 is 1.07 bits per heavy atom. The third-order valence-corrected chi connectivity index (χ3v) is 8.78. The zero-order chi connectivity index (χ0) is 19.6. The van der Waals surface area contributed by atoms with Crippen LogP contribution >= 0.6 is 0 Å². The van der Waals surface area contributed by atoms with Crippen LogP contribution in [-0.2, 0) is 0 Å². The highest BCUT2D eigenvalue weighted by Crippen LogP contribution is 2.54. The SMILES string of the molecule is CC(C)(CN)C1=C(C2CCCCC2)C(C2CCCCC2)=C(C2CCCCC2)C1. The highest BCUT2D eigenvalue weighted by atomic mass is 14.6. The van der Waals surface area contributed by atoms with Crippen LogP contribution in [0.1, 0.15) is 117 Å². The molecule has 28 heavy (non-hydrogen) atoms. The topological polar surface area (TPSA) is 26.0 Å². The van der Waals surface area contributed by atoms with E-state index in [-0.39, 0.29) is 5.41 Å². The van der Waals surface area contributed by atoms with E-state index in [1.807, 2.05) is 16.7 Å². The van der Waals surface area contributed by atoms with Crippen molar-refractivity contribution >= 4 is 0 Å². The van der Waals surface area contributed by atoms with Crippen molar-refractivity contribution in [1.29, 1.82) is 0 Å². The standard InChI is InChI=1S/C27H45N/c1-27(2,19-28)24-18-23(20-12-6-3-7-13-20)25(21-14-8-4-9-15-21)26(24)22-16-10-5-11-17-22/h20-22H,3-19,28H2,1-2H3. The molecule has 0 saturated heterocycles. The molecule has 1 heteroatoms. The van der Waals surface area contributed by atoms with E-state index in [9.17, 15) is 0 Å². The lowest BCUT2D eigenvalue weighted by atomic mass is 9.70. The summed E-state index contributed by atoms with van der Waals surface area (Å²) in [5, 5.41) is 0. The van der Waals surface area contributed by atoms with Crippen molar-refractivity contribution < 1.29 is 0 Å². The van der Waals surface area contributed by atoms with Crippen molar-refractivity contribution in [2.45, 2.75) is 117 Å². The molecule has 3 fully saturated rings. The van der Waals surface area contributed by atoms with Gasteiger partial charge >= 0.3 is 0 Å². The molecule has 0 amide bonds. The predicted octanol–water partition coefficient (Wildman–Crippen LogP) is 7.71. The lowest BCUT2D eigenvalue weighted by Crippen LogP contribution is -2.28. The molecule has 158 valence electrons. The second-order valence-electron chi connectivity index (χ2n) is 11.1. The maximum absolute atomic E-state index is 6.37. The van der Waals surface area contributed by atoms with Gasteiger partial charge in [0.15, 0.2) is 0 Å². The van der Waals surface area contributed by atoms with Gasteiger partial charge in [-0.2, -0.15) is 0 Å². The highest BCUT2D eigenvalue weighted by Gasteiger charge is 2.41. The summed E-state index contributed by atoms with van der Waals surface area (Å²) in [4.78, 5) is 0. The zero-order valence-electron chi connectivity index (χ0n) is 18.8. The van der Waals surface area contributed by atoms with E-state index in [4.69, 9.17) is 5.73 Å². The number of nitrogens with two attached hydrogens (primary N) is 1. The third-order valence-electron chi connectivity index (χ3n) is 8.78. The molecule has 4 aliphatic carbocycles. The van der Waals surface area contributed by atoms with Gasteiger partial charge in [-0.05, 0) is 79.3 Å². The zero-order valence-corrected chi connectivity index (χ0v) is 18.8. The molecule has 0 heterocycles. The Hall–Kier alpha value is -0.560. The largest absolute Gasteiger partial charge is 0.330 e. The lowest BCUT2D eigenvalue weighted by molar-refractivity contribution is 0.361. The second-order valence-corrected chi connectivity index (χ2v) is 11.1. The molecule has 3 saturated carbocycles. The molecule has 1 nitrogen and oxygen atoms in total. The average Bonchev–Trinajstić information content (AvgIpc) is 3.17. The monoisotopic (exact) mass is 383 g/mol. The van der Waals surface area contributed by atoms with E-state index < -0.39 is 0 Å². The summed E-state index contributed by atoms with van der Waals surface area (Å²) >= 11 is 0. The molecule has 4 aliphatic rings. The number of allylic oxidation sites excluding steroid dienone is 3. The van der Waals surface area contributed by atoms with Gasteiger partial charge in [0, 0.05) is 6.54 Å². The molecule has 0 atom stereocenters. The van der Waals surface area contributed by atoms with Crippen molar-refractivity contribution in [2.24, 2.45) is 28.9 Å². The van der Waals surface area contributed by atoms with E-state index in [1.165, 1.54) is 103 Å². The average molecular weight is 384 g/mol. The third kappa shape index (κ3) is 4.16. The fraction of sp³-hybridized carbons (Fsp3) is 0.852. The van der Waals surface area contributed by atoms with Gasteiger partial charge < -0.3 is 5.73 Å². The molecule has 0 aromatic heterocycles. The van der Waals surface area contributed by atoms with Crippen LogP contribution in [0.2, 0.25) is 0 Å². The summed E-state index contributed by atoms with van der Waals surface area (Å²) in [6.07, 6.45) is 23.1. The maximum Gasteiger partial charge on any atom is 0.00119 e. The number of hydrogen-bond acceptors (Lipinski definition) is 1. The highest BCUT2D eigenvalue weighted by molar-refractivity contribution is 5.53. The van der Waals surface area contributed by atoms with Crippen LogP contribution in [0.15, 0.2) is 22.3 Å². The van der Waals surface area contributed by atoms with E-state index in [0.717, 1.165) is 24.3 Å². The van der Waals surface area contributed by atoms with Crippen molar-refractivity contribution in [3.63, 3.8) is 0 Å². The summed E-state index contributed by atoms with van der Waals surface area (Å²) in [6, 6.07) is 0. The Labute approximate surface area is 174 Å². The Balaban J connectivity index is 1.77. The number of rotatable bonds is 5. The molecule has 0 unspecified atom stereocenters. The molecule has 0 spiro atoms. The van der Waals surface area contributed by atoms with Gasteiger partial charge in [0.25, 0.3) is 0 Å². The summed E-state index contributed by atoms with van der Waals surface area (Å²) in [5.41, 5.74) is 14.0. The van der Waals surface area contributed by atoms with Crippen LogP contribution < -0.4 is 5.73 Å². The smallest absolute Gasteiger partial charge is 0.00119 e. The molecule has 2 N–H and O–H groups in total. The predicted molar refractivity (Wildman–Crippen MR) is 121 cm³/mol. The first-order valence-electron chi connectivity index (χ1n) is 12.8. The first-order valence-corrected chi connectivity index (χ1v) is 12.8. The summed E-state index contributed by atoms with van der Waals surface area (Å²) in [7, 11) is 0. The molecule has 0 aromatic carbocycles. The fourth-order valence-corrected chi connectivity index (χ4v) is 6.99. The van der Waals surface area contributed by atoms with Crippen LogP contribution in [0.5, 0.6) is 0 Å². The first-order chi connectivity index (χ1) is 13.6. The first kappa shape index (κ1) is 20.7. The van der Waals surface area contributed by atoms with Gasteiger partial charge in [0.1, 0.15) is 0 Å². The Bertz CT molecular complexity index is 590. The van der Waals surface area contributed by atoms with Crippen LogP contribution in [-0.4, -0.2) is 6.54 Å². The normalized spacial score (nSPS) is 27.1. The van der Waals surface area contributed by atoms with Gasteiger partial charge in [-0.1, -0.05) is 82.8 Å². The van der Waals surface area contributed by atoms with E-state index in [0.29, 0.717) is 0 Å². The molecular weight excluding hydrogens is 338 g/mol. The Kier molecular flexibility index (Phi) is 6.70. The van der Waals surface area contributed by atoms with Crippen LogP contribution in [0.25, 0.3) is 0 Å². The van der Waals surface area contributed by atoms with Gasteiger partial charge in [-0.15, -0.1) is 0 Å². The maximum atomic E-state index is 6.37. The van der Waals surface area contributed by atoms with Crippen LogP contribution in [0.4, 0.5) is 0 Å². The second kappa shape index (κ2) is 9.07. The Morgan fingerprint density at radius 3 is 1.54 bits per heavy atom. The minimum atomic E-state index is 0.170. The van der Waals surface area contributed by atoms with Crippen molar-refractivity contribution in [2.75, 3.05) is 6.54 Å². The summed E-state index contributed by atoms with van der Waals surface area (Å²) < 4.78 is 0. The van der Waals surface area contributed by atoms with Gasteiger partial charge in [-0.3, -0.25) is 0 Å². The van der Waals surface area contributed by atoms with E-state index in [2.05, 4.69) is 13.8 Å². The van der Waals surface area contributed by atoms with Crippen molar-refractivity contribution in [1.82, 2.24) is 0 Å². The van der Waals surface area contributed by atoms with Gasteiger partial charge in [0.05, 0.1) is 0 Å². The van der Waals surface area contributed by atoms with Gasteiger partial charge in [-0.25, -0.2) is 0 Å². The molecule has 0 radical (unpaired) electrons. The molecular formula is C27H45N. The quantitative estimate of drug-likeness (QED) is 0.517. The Morgan fingerprint density at radius 1 is 0.643 bits per heavy atom. The van der Waals surface area contributed by atoms with Crippen LogP contribution in [0.3, 0.4) is 0 Å². The minimum Gasteiger partial charge on any atom is -0.330 e. The molecule has 4 rings (SSSR count). The van der Waals surface area contributed by atoms with E-state index in [1.54, 1.807) is 5.57 Å². The van der Waals surface area contributed by atoms with E-state index >= 15 is 0 Å². The lowest BCUT2D eigenvalue weighted by Gasteiger charge is -2.35.